The van der Waals surface area contributed by atoms with Gasteiger partial charge in [0.2, 0.25) is 0 Å². The smallest absolute Gasteiger partial charge is 0.391 e. The molecule has 0 radical (unpaired) electrons. The lowest BCUT2D eigenvalue weighted by Gasteiger charge is -2.29. The maximum absolute atomic E-state index is 12.7. The Morgan fingerprint density at radius 2 is 2.00 bits per heavy atom. The molecule has 2 heterocycles. The minimum Gasteiger partial charge on any atom is -0.505 e. The summed E-state index contributed by atoms with van der Waals surface area (Å²) in [6.45, 7) is 0.242. The lowest BCUT2D eigenvalue weighted by molar-refractivity contribution is -0.183. The standard InChI is InChI=1S/C16H18F3N5O2/c17-16(18,19)11-4-2-10(3-5-11)9-20-15(26)14-12(25)8-13(22-23-14)24-7-1-6-21-24/h1,6-8,10-11H,2-5,9H2,(H,20,26)(H,22,25). The lowest BCUT2D eigenvalue weighted by atomic mass is 9.81. The fourth-order valence-corrected chi connectivity index (χ4v) is 3.06. The summed E-state index contributed by atoms with van der Waals surface area (Å²) in [6.07, 6.45) is -0.0404. The van der Waals surface area contributed by atoms with Gasteiger partial charge in [-0.15, -0.1) is 10.2 Å². The van der Waals surface area contributed by atoms with Crippen molar-refractivity contribution in [2.75, 3.05) is 6.54 Å². The summed E-state index contributed by atoms with van der Waals surface area (Å²) in [6, 6.07) is 2.94. The predicted molar refractivity (Wildman–Crippen MR) is 84.7 cm³/mol. The summed E-state index contributed by atoms with van der Waals surface area (Å²) in [5, 5.41) is 24.1. The number of aromatic hydroxyl groups is 1. The second-order valence-corrected chi connectivity index (χ2v) is 6.36. The number of carbonyl (C=O) groups excluding carboxylic acids is 1. The summed E-state index contributed by atoms with van der Waals surface area (Å²) in [4.78, 5) is 12.2. The molecule has 2 aromatic heterocycles. The average Bonchev–Trinajstić information content (AvgIpc) is 3.14. The van der Waals surface area contributed by atoms with Crippen LogP contribution in [0.25, 0.3) is 5.82 Å². The summed E-state index contributed by atoms with van der Waals surface area (Å²) in [5.74, 6) is -1.96. The van der Waals surface area contributed by atoms with Crippen LogP contribution < -0.4 is 5.32 Å². The van der Waals surface area contributed by atoms with E-state index in [2.05, 4.69) is 20.6 Å². The van der Waals surface area contributed by atoms with E-state index in [4.69, 9.17) is 0 Å². The van der Waals surface area contributed by atoms with Crippen LogP contribution in [-0.2, 0) is 0 Å². The summed E-state index contributed by atoms with van der Waals surface area (Å²) in [5.41, 5.74) is -0.232. The van der Waals surface area contributed by atoms with E-state index >= 15 is 0 Å². The van der Waals surface area contributed by atoms with Crippen molar-refractivity contribution in [3.63, 3.8) is 0 Å². The van der Waals surface area contributed by atoms with Crippen LogP contribution in [0.15, 0.2) is 24.5 Å². The number of hydrogen-bond donors (Lipinski definition) is 2. The zero-order valence-corrected chi connectivity index (χ0v) is 13.8. The average molecular weight is 369 g/mol. The number of aromatic nitrogens is 4. The first-order valence-corrected chi connectivity index (χ1v) is 8.26. The third kappa shape index (κ3) is 4.12. The van der Waals surface area contributed by atoms with E-state index in [1.54, 1.807) is 12.3 Å². The highest BCUT2D eigenvalue weighted by Gasteiger charge is 2.41. The molecule has 3 rings (SSSR count). The Hall–Kier alpha value is -2.65. The molecule has 0 unspecified atom stereocenters. The number of alkyl halides is 3. The number of nitrogens with zero attached hydrogens (tertiary/aromatic N) is 4. The number of carbonyl (C=O) groups is 1. The van der Waals surface area contributed by atoms with Crippen LogP contribution in [0.2, 0.25) is 0 Å². The van der Waals surface area contributed by atoms with Crippen molar-refractivity contribution in [3.8, 4) is 11.6 Å². The molecular formula is C16H18F3N5O2. The molecule has 1 aliphatic carbocycles. The minimum absolute atomic E-state index is 0.0176. The number of amides is 1. The topological polar surface area (TPSA) is 92.9 Å². The molecule has 1 fully saturated rings. The van der Waals surface area contributed by atoms with Gasteiger partial charge in [0.15, 0.2) is 17.3 Å². The summed E-state index contributed by atoms with van der Waals surface area (Å²) in [7, 11) is 0. The number of nitrogens with one attached hydrogen (secondary N) is 1. The zero-order chi connectivity index (χ0) is 18.7. The van der Waals surface area contributed by atoms with E-state index in [1.165, 1.54) is 16.9 Å². The first kappa shape index (κ1) is 18.2. The van der Waals surface area contributed by atoms with Crippen molar-refractivity contribution in [1.29, 1.82) is 0 Å². The maximum atomic E-state index is 12.7. The molecule has 0 aliphatic heterocycles. The molecular weight excluding hydrogens is 351 g/mol. The highest BCUT2D eigenvalue weighted by atomic mass is 19.4. The Bertz CT molecular complexity index is 756. The molecule has 7 nitrogen and oxygen atoms in total. The Balaban J connectivity index is 1.54. The summed E-state index contributed by atoms with van der Waals surface area (Å²) >= 11 is 0. The van der Waals surface area contributed by atoms with Gasteiger partial charge in [-0.3, -0.25) is 4.79 Å². The van der Waals surface area contributed by atoms with E-state index < -0.39 is 18.0 Å². The Morgan fingerprint density at radius 3 is 2.58 bits per heavy atom. The van der Waals surface area contributed by atoms with Gasteiger partial charge >= 0.3 is 6.18 Å². The molecule has 0 atom stereocenters. The van der Waals surface area contributed by atoms with Crippen LogP contribution in [0.1, 0.15) is 36.2 Å². The van der Waals surface area contributed by atoms with Crippen LogP contribution in [0.3, 0.4) is 0 Å². The maximum Gasteiger partial charge on any atom is 0.391 e. The van der Waals surface area contributed by atoms with Crippen molar-refractivity contribution in [2.24, 2.45) is 11.8 Å². The third-order valence-corrected chi connectivity index (χ3v) is 4.58. The molecule has 26 heavy (non-hydrogen) atoms. The number of hydrogen-bond acceptors (Lipinski definition) is 5. The molecule has 2 N–H and O–H groups in total. The van der Waals surface area contributed by atoms with Crippen LogP contribution in [-0.4, -0.2) is 43.7 Å². The molecule has 1 saturated carbocycles. The SMILES string of the molecule is O=C(NCC1CCC(C(F)(F)F)CC1)c1nnc(-n2cccn2)cc1O. The fourth-order valence-electron chi connectivity index (χ4n) is 3.06. The Kier molecular flexibility index (Phi) is 5.10. The molecule has 10 heteroatoms. The quantitative estimate of drug-likeness (QED) is 0.864. The van der Waals surface area contributed by atoms with Gasteiger partial charge in [-0.05, 0) is 37.7 Å². The fraction of sp³-hybridized carbons (Fsp3) is 0.500. The number of halogens is 3. The molecule has 0 aromatic carbocycles. The molecule has 0 saturated heterocycles. The van der Waals surface area contributed by atoms with Gasteiger partial charge in [-0.1, -0.05) is 0 Å². The van der Waals surface area contributed by atoms with Gasteiger partial charge in [0.25, 0.3) is 5.91 Å². The molecule has 140 valence electrons. The first-order valence-electron chi connectivity index (χ1n) is 8.26. The van der Waals surface area contributed by atoms with Crippen molar-refractivity contribution in [2.45, 2.75) is 31.9 Å². The highest BCUT2D eigenvalue weighted by Crippen LogP contribution is 2.39. The minimum atomic E-state index is -4.15. The molecule has 1 aliphatic rings. The van der Waals surface area contributed by atoms with E-state index in [0.29, 0.717) is 12.8 Å². The van der Waals surface area contributed by atoms with Crippen molar-refractivity contribution < 1.29 is 23.1 Å². The van der Waals surface area contributed by atoms with Crippen molar-refractivity contribution >= 4 is 5.91 Å². The normalized spacial score (nSPS) is 20.7. The number of rotatable bonds is 4. The zero-order valence-electron chi connectivity index (χ0n) is 13.8. The molecule has 0 bridgehead atoms. The third-order valence-electron chi connectivity index (χ3n) is 4.58. The Labute approximate surface area is 147 Å². The van der Waals surface area contributed by atoms with Gasteiger partial charge in [0.1, 0.15) is 0 Å². The lowest BCUT2D eigenvalue weighted by Crippen LogP contribution is -2.34. The van der Waals surface area contributed by atoms with Crippen molar-refractivity contribution in [1.82, 2.24) is 25.3 Å². The molecule has 1 amide bonds. The van der Waals surface area contributed by atoms with Crippen LogP contribution in [0.4, 0.5) is 13.2 Å². The predicted octanol–water partition coefficient (Wildman–Crippen LogP) is 2.47. The second-order valence-electron chi connectivity index (χ2n) is 6.36. The second kappa shape index (κ2) is 7.30. The van der Waals surface area contributed by atoms with E-state index in [0.717, 1.165) is 0 Å². The molecule has 2 aromatic rings. The molecule has 0 spiro atoms. The van der Waals surface area contributed by atoms with Gasteiger partial charge in [-0.2, -0.15) is 18.3 Å². The van der Waals surface area contributed by atoms with Crippen LogP contribution in [0, 0.1) is 11.8 Å². The van der Waals surface area contributed by atoms with Gasteiger partial charge in [0.05, 0.1) is 5.92 Å². The van der Waals surface area contributed by atoms with Gasteiger partial charge in [-0.25, -0.2) is 4.68 Å². The summed E-state index contributed by atoms with van der Waals surface area (Å²) < 4.78 is 39.4. The van der Waals surface area contributed by atoms with Gasteiger partial charge in [0, 0.05) is 25.0 Å². The van der Waals surface area contributed by atoms with E-state index in [1.807, 2.05) is 0 Å². The van der Waals surface area contributed by atoms with E-state index in [-0.39, 0.29) is 42.6 Å². The van der Waals surface area contributed by atoms with Gasteiger partial charge < -0.3 is 10.4 Å². The van der Waals surface area contributed by atoms with Crippen LogP contribution >= 0.6 is 0 Å². The largest absolute Gasteiger partial charge is 0.505 e. The van der Waals surface area contributed by atoms with Crippen molar-refractivity contribution in [3.05, 3.63) is 30.2 Å². The Morgan fingerprint density at radius 1 is 1.27 bits per heavy atom. The highest BCUT2D eigenvalue weighted by molar-refractivity contribution is 5.94. The first-order chi connectivity index (χ1) is 12.3. The van der Waals surface area contributed by atoms with E-state index in [9.17, 15) is 23.1 Å². The monoisotopic (exact) mass is 369 g/mol. The van der Waals surface area contributed by atoms with Crippen LogP contribution in [0.5, 0.6) is 5.75 Å².